The van der Waals surface area contributed by atoms with E-state index in [1.165, 1.54) is 38.8 Å². The summed E-state index contributed by atoms with van der Waals surface area (Å²) in [5.74, 6) is 1.13. The number of nitrogens with zero attached hydrogens (tertiary/aromatic N) is 3. The van der Waals surface area contributed by atoms with Crippen molar-refractivity contribution in [2.45, 2.75) is 32.6 Å². The predicted octanol–water partition coefficient (Wildman–Crippen LogP) is 1.16. The summed E-state index contributed by atoms with van der Waals surface area (Å²) < 4.78 is 5.39. The molecule has 0 aromatic rings. The molecular weight excluding hydrogens is 264 g/mol. The highest BCUT2D eigenvalue weighted by atomic mass is 16.5. The third-order valence-corrected chi connectivity index (χ3v) is 5.27. The van der Waals surface area contributed by atoms with Gasteiger partial charge >= 0.3 is 0 Å². The Morgan fingerprint density at radius 1 is 1.19 bits per heavy atom. The predicted molar refractivity (Wildman–Crippen MR) is 85.7 cm³/mol. The lowest BCUT2D eigenvalue weighted by Crippen LogP contribution is -2.43. The van der Waals surface area contributed by atoms with Gasteiger partial charge in [0.25, 0.3) is 0 Å². The van der Waals surface area contributed by atoms with E-state index in [1.54, 1.807) is 0 Å². The molecule has 1 spiro atoms. The number of aliphatic imine (C=N–C) groups is 1. The van der Waals surface area contributed by atoms with Gasteiger partial charge in [0.2, 0.25) is 0 Å². The maximum atomic E-state index is 5.39. The van der Waals surface area contributed by atoms with Crippen molar-refractivity contribution >= 4 is 5.96 Å². The maximum Gasteiger partial charge on any atom is 0.193 e. The van der Waals surface area contributed by atoms with Gasteiger partial charge in [-0.2, -0.15) is 0 Å². The first-order valence-corrected chi connectivity index (χ1v) is 8.65. The van der Waals surface area contributed by atoms with Gasteiger partial charge in [-0.05, 0) is 31.6 Å². The van der Waals surface area contributed by atoms with Crippen molar-refractivity contribution in [2.24, 2.45) is 10.4 Å². The molecule has 0 bridgehead atoms. The largest absolute Gasteiger partial charge is 0.379 e. The van der Waals surface area contributed by atoms with Crippen molar-refractivity contribution in [3.05, 3.63) is 0 Å². The Hall–Kier alpha value is -0.810. The van der Waals surface area contributed by atoms with Crippen LogP contribution in [0.15, 0.2) is 4.99 Å². The fourth-order valence-corrected chi connectivity index (χ4v) is 3.75. The zero-order valence-electron chi connectivity index (χ0n) is 13.4. The molecule has 0 unspecified atom stereocenters. The van der Waals surface area contributed by atoms with Crippen LogP contribution in [0.1, 0.15) is 32.6 Å². The first-order chi connectivity index (χ1) is 10.3. The SMILES string of the molecule is CCNC(=NCCN1CCOCC1)N1CCC2(CCC2)C1. The van der Waals surface area contributed by atoms with E-state index in [1.807, 2.05) is 0 Å². The van der Waals surface area contributed by atoms with E-state index in [2.05, 4.69) is 22.0 Å². The molecule has 1 N–H and O–H groups in total. The van der Waals surface area contributed by atoms with Crippen molar-refractivity contribution in [3.63, 3.8) is 0 Å². The average Bonchev–Trinajstić information content (AvgIpc) is 2.93. The molecule has 1 saturated carbocycles. The number of nitrogens with one attached hydrogen (secondary N) is 1. The summed E-state index contributed by atoms with van der Waals surface area (Å²) in [6, 6.07) is 0. The zero-order valence-corrected chi connectivity index (χ0v) is 13.4. The second kappa shape index (κ2) is 6.97. The zero-order chi connectivity index (χ0) is 14.5. The van der Waals surface area contributed by atoms with Crippen LogP contribution in [0.2, 0.25) is 0 Å². The van der Waals surface area contributed by atoms with Crippen LogP contribution in [0.3, 0.4) is 0 Å². The monoisotopic (exact) mass is 294 g/mol. The summed E-state index contributed by atoms with van der Waals surface area (Å²) in [5.41, 5.74) is 0.639. The number of hydrogen-bond donors (Lipinski definition) is 1. The number of morpholine rings is 1. The second-order valence-electron chi connectivity index (χ2n) is 6.71. The minimum Gasteiger partial charge on any atom is -0.379 e. The smallest absolute Gasteiger partial charge is 0.193 e. The lowest BCUT2D eigenvalue weighted by atomic mass is 9.68. The lowest BCUT2D eigenvalue weighted by molar-refractivity contribution is 0.0394. The van der Waals surface area contributed by atoms with Crippen molar-refractivity contribution in [1.82, 2.24) is 15.1 Å². The van der Waals surface area contributed by atoms with E-state index in [-0.39, 0.29) is 0 Å². The van der Waals surface area contributed by atoms with E-state index >= 15 is 0 Å². The fraction of sp³-hybridized carbons (Fsp3) is 0.938. The summed E-state index contributed by atoms with van der Waals surface area (Å²) in [4.78, 5) is 9.80. The van der Waals surface area contributed by atoms with Crippen LogP contribution >= 0.6 is 0 Å². The normalized spacial score (nSPS) is 26.1. The molecule has 0 radical (unpaired) electrons. The molecular formula is C16H30N4O. The molecule has 3 aliphatic rings. The quantitative estimate of drug-likeness (QED) is 0.624. The first-order valence-electron chi connectivity index (χ1n) is 8.65. The van der Waals surface area contributed by atoms with Crippen molar-refractivity contribution in [2.75, 3.05) is 59.0 Å². The van der Waals surface area contributed by atoms with Crippen LogP contribution in [0.5, 0.6) is 0 Å². The summed E-state index contributed by atoms with van der Waals surface area (Å²) >= 11 is 0. The van der Waals surface area contributed by atoms with E-state index < -0.39 is 0 Å². The molecule has 1 aliphatic carbocycles. The van der Waals surface area contributed by atoms with Gasteiger partial charge in [-0.25, -0.2) is 0 Å². The molecule has 5 heteroatoms. The topological polar surface area (TPSA) is 40.1 Å². The molecule has 5 nitrogen and oxygen atoms in total. The molecule has 2 heterocycles. The van der Waals surface area contributed by atoms with Crippen LogP contribution in [-0.2, 0) is 4.74 Å². The van der Waals surface area contributed by atoms with Crippen molar-refractivity contribution < 1.29 is 4.74 Å². The lowest BCUT2D eigenvalue weighted by Gasteiger charge is -2.38. The molecule has 3 rings (SSSR count). The molecule has 3 fully saturated rings. The Bertz CT molecular complexity index is 361. The Balaban J connectivity index is 1.49. The number of likely N-dealkylation sites (tertiary alicyclic amines) is 1. The third kappa shape index (κ3) is 3.69. The van der Waals surface area contributed by atoms with Gasteiger partial charge in [0.15, 0.2) is 5.96 Å². The van der Waals surface area contributed by atoms with Gasteiger partial charge in [0.1, 0.15) is 0 Å². The highest BCUT2D eigenvalue weighted by molar-refractivity contribution is 5.80. The maximum absolute atomic E-state index is 5.39. The number of rotatable bonds is 4. The van der Waals surface area contributed by atoms with Crippen LogP contribution in [0, 0.1) is 5.41 Å². The van der Waals surface area contributed by atoms with E-state index in [9.17, 15) is 0 Å². The van der Waals surface area contributed by atoms with Crippen LogP contribution in [0.25, 0.3) is 0 Å². The molecule has 2 saturated heterocycles. The van der Waals surface area contributed by atoms with Gasteiger partial charge in [-0.15, -0.1) is 0 Å². The molecule has 21 heavy (non-hydrogen) atoms. The summed E-state index contributed by atoms with van der Waals surface area (Å²) in [6.45, 7) is 11.3. The van der Waals surface area contributed by atoms with Crippen molar-refractivity contribution in [1.29, 1.82) is 0 Å². The number of ether oxygens (including phenoxy) is 1. The van der Waals surface area contributed by atoms with Gasteiger partial charge in [-0.1, -0.05) is 6.42 Å². The molecule has 0 aromatic carbocycles. The number of guanidine groups is 1. The van der Waals surface area contributed by atoms with Crippen LogP contribution in [0.4, 0.5) is 0 Å². The third-order valence-electron chi connectivity index (χ3n) is 5.27. The summed E-state index contributed by atoms with van der Waals surface area (Å²) in [6.07, 6.45) is 5.65. The molecule has 120 valence electrons. The summed E-state index contributed by atoms with van der Waals surface area (Å²) in [5, 5.41) is 3.48. The summed E-state index contributed by atoms with van der Waals surface area (Å²) in [7, 11) is 0. The standard InChI is InChI=1S/C16H30N4O/c1-2-17-15(18-7-9-19-10-12-21-13-11-19)20-8-6-16(14-20)4-3-5-16/h2-14H2,1H3,(H,17,18). The van der Waals surface area contributed by atoms with Gasteiger partial charge < -0.3 is 15.0 Å². The van der Waals surface area contributed by atoms with Crippen LogP contribution < -0.4 is 5.32 Å². The Labute approximate surface area is 128 Å². The van der Waals surface area contributed by atoms with E-state index in [0.717, 1.165) is 51.9 Å². The first kappa shape index (κ1) is 15.1. The highest BCUT2D eigenvalue weighted by Gasteiger charge is 2.43. The minimum atomic E-state index is 0.639. The Morgan fingerprint density at radius 2 is 2.00 bits per heavy atom. The Kier molecular flexibility index (Phi) is 5.01. The van der Waals surface area contributed by atoms with Gasteiger partial charge in [0, 0.05) is 39.3 Å². The Morgan fingerprint density at radius 3 is 2.62 bits per heavy atom. The second-order valence-corrected chi connectivity index (χ2v) is 6.71. The van der Waals surface area contributed by atoms with E-state index in [4.69, 9.17) is 9.73 Å². The number of hydrogen-bond acceptors (Lipinski definition) is 3. The van der Waals surface area contributed by atoms with Crippen molar-refractivity contribution in [3.8, 4) is 0 Å². The molecule has 0 aromatic heterocycles. The molecule has 2 aliphatic heterocycles. The van der Waals surface area contributed by atoms with Crippen LogP contribution in [-0.4, -0.2) is 74.8 Å². The average molecular weight is 294 g/mol. The fourth-order valence-electron chi connectivity index (χ4n) is 3.75. The molecule has 0 atom stereocenters. The van der Waals surface area contributed by atoms with Gasteiger partial charge in [-0.3, -0.25) is 9.89 Å². The highest BCUT2D eigenvalue weighted by Crippen LogP contribution is 2.47. The van der Waals surface area contributed by atoms with Gasteiger partial charge in [0.05, 0.1) is 19.8 Å². The minimum absolute atomic E-state index is 0.639. The molecule has 0 amide bonds. The van der Waals surface area contributed by atoms with E-state index in [0.29, 0.717) is 5.41 Å².